The molecular weight excluding hydrogens is 611 g/mol. The van der Waals surface area contributed by atoms with Crippen molar-refractivity contribution in [2.45, 2.75) is 97.0 Å². The lowest BCUT2D eigenvalue weighted by molar-refractivity contribution is -0.192. The molecule has 0 bridgehead atoms. The minimum absolute atomic E-state index is 0.150. The molecule has 3 aliphatic rings. The van der Waals surface area contributed by atoms with Gasteiger partial charge in [0.1, 0.15) is 5.60 Å². The van der Waals surface area contributed by atoms with E-state index >= 15 is 0 Å². The summed E-state index contributed by atoms with van der Waals surface area (Å²) >= 11 is 0. The molecule has 2 amide bonds. The molecule has 1 spiro atoms. The molecule has 2 aromatic carbocycles. The van der Waals surface area contributed by atoms with Crippen molar-refractivity contribution in [2.24, 2.45) is 5.92 Å². The van der Waals surface area contributed by atoms with E-state index < -0.39 is 12.1 Å². The second kappa shape index (κ2) is 15.5. The van der Waals surface area contributed by atoms with E-state index in [1.165, 1.54) is 17.5 Å². The fourth-order valence-corrected chi connectivity index (χ4v) is 7.28. The first-order valence-corrected chi connectivity index (χ1v) is 16.7. The van der Waals surface area contributed by atoms with E-state index in [0.29, 0.717) is 18.5 Å². The third kappa shape index (κ3) is 8.86. The third-order valence-corrected chi connectivity index (χ3v) is 10.1. The first-order valence-electron chi connectivity index (χ1n) is 16.7. The number of benzene rings is 2. The van der Waals surface area contributed by atoms with Crippen molar-refractivity contribution in [3.8, 4) is 0 Å². The number of halogens is 3. The van der Waals surface area contributed by atoms with Crippen LogP contribution in [0.25, 0.3) is 0 Å². The highest BCUT2D eigenvalue weighted by molar-refractivity contribution is 5.97. The molecule has 11 heteroatoms. The molecule has 47 heavy (non-hydrogen) atoms. The van der Waals surface area contributed by atoms with Gasteiger partial charge in [-0.15, -0.1) is 0 Å². The van der Waals surface area contributed by atoms with Gasteiger partial charge < -0.3 is 19.6 Å². The highest BCUT2D eigenvalue weighted by Crippen LogP contribution is 2.42. The number of likely N-dealkylation sites (tertiary alicyclic amines) is 2. The monoisotopic (exact) mass is 659 g/mol. The van der Waals surface area contributed by atoms with Crippen LogP contribution in [-0.2, 0) is 16.1 Å². The van der Waals surface area contributed by atoms with Crippen LogP contribution < -0.4 is 0 Å². The summed E-state index contributed by atoms with van der Waals surface area (Å²) in [6.45, 7) is 13.4. The number of carboxylic acids is 1. The zero-order chi connectivity index (χ0) is 34.4. The van der Waals surface area contributed by atoms with Crippen LogP contribution in [0.1, 0.15) is 84.5 Å². The Kier molecular flexibility index (Phi) is 12.0. The van der Waals surface area contributed by atoms with Gasteiger partial charge in [0.05, 0.1) is 0 Å². The number of alkyl halides is 3. The second-order valence-electron chi connectivity index (χ2n) is 13.2. The molecule has 3 heterocycles. The number of aliphatic carboxylic acids is 1. The standard InChI is InChI=1S/C34H47N3O3.C2HF3O2/c1-5-6-14-29-24-37(23-28-13-8-7-10-25(28)2)33(39)40-34(29)17-21-35(22-18-34)30-15-19-36(20-16-30)32(38)31-26(3)11-9-12-27(31)4;3-2(4,5)1(6)7/h7-13,29-30H,5-6,14-24H2,1-4H3;(H,6,7). The number of piperidine rings is 2. The molecule has 3 fully saturated rings. The Balaban J connectivity index is 0.000000644. The van der Waals surface area contributed by atoms with Gasteiger partial charge in [-0.05, 0) is 62.3 Å². The van der Waals surface area contributed by atoms with Crippen LogP contribution in [0.15, 0.2) is 42.5 Å². The summed E-state index contributed by atoms with van der Waals surface area (Å²) in [6, 6.07) is 14.9. The molecule has 2 aromatic rings. The summed E-state index contributed by atoms with van der Waals surface area (Å²) in [5.41, 5.74) is 5.06. The van der Waals surface area contributed by atoms with Crippen LogP contribution in [0.5, 0.6) is 0 Å². The van der Waals surface area contributed by atoms with Crippen LogP contribution >= 0.6 is 0 Å². The van der Waals surface area contributed by atoms with Crippen molar-refractivity contribution >= 4 is 18.0 Å². The van der Waals surface area contributed by atoms with Crippen molar-refractivity contribution in [1.82, 2.24) is 14.7 Å². The number of ether oxygens (including phenoxy) is 1. The summed E-state index contributed by atoms with van der Waals surface area (Å²) in [4.78, 5) is 42.1. The lowest BCUT2D eigenvalue weighted by Crippen LogP contribution is -2.61. The van der Waals surface area contributed by atoms with Gasteiger partial charge in [-0.3, -0.25) is 9.69 Å². The number of carbonyl (C=O) groups excluding carboxylic acids is 2. The van der Waals surface area contributed by atoms with Gasteiger partial charge in [0, 0.05) is 69.6 Å². The Hall–Kier alpha value is -3.60. The smallest absolute Gasteiger partial charge is 0.475 e. The largest absolute Gasteiger partial charge is 0.490 e. The summed E-state index contributed by atoms with van der Waals surface area (Å²) in [7, 11) is 0. The highest BCUT2D eigenvalue weighted by atomic mass is 19.4. The quantitative estimate of drug-likeness (QED) is 0.340. The van der Waals surface area contributed by atoms with Gasteiger partial charge in [-0.2, -0.15) is 13.2 Å². The maximum absolute atomic E-state index is 13.3. The van der Waals surface area contributed by atoms with Crippen molar-refractivity contribution in [1.29, 1.82) is 0 Å². The van der Waals surface area contributed by atoms with Crippen molar-refractivity contribution < 1.29 is 37.4 Å². The fourth-order valence-electron chi connectivity index (χ4n) is 7.28. The molecule has 1 atom stereocenters. The van der Waals surface area contributed by atoms with Gasteiger partial charge in [-0.1, -0.05) is 62.2 Å². The fraction of sp³-hybridized carbons (Fsp3) is 0.583. The molecule has 0 aromatic heterocycles. The van der Waals surface area contributed by atoms with E-state index in [4.69, 9.17) is 14.6 Å². The summed E-state index contributed by atoms with van der Waals surface area (Å²) in [5.74, 6) is -2.21. The minimum Gasteiger partial charge on any atom is -0.475 e. The van der Waals surface area contributed by atoms with E-state index in [-0.39, 0.29) is 17.6 Å². The van der Waals surface area contributed by atoms with Crippen molar-refractivity contribution in [3.05, 3.63) is 70.3 Å². The van der Waals surface area contributed by atoms with E-state index in [1.807, 2.05) is 54.0 Å². The molecule has 0 radical (unpaired) electrons. The summed E-state index contributed by atoms with van der Waals surface area (Å²) in [5, 5.41) is 7.12. The molecule has 8 nitrogen and oxygen atoms in total. The Morgan fingerprint density at radius 2 is 1.51 bits per heavy atom. The molecule has 3 aliphatic heterocycles. The van der Waals surface area contributed by atoms with Crippen LogP contribution in [0.2, 0.25) is 0 Å². The number of aryl methyl sites for hydroxylation is 3. The van der Waals surface area contributed by atoms with E-state index in [1.54, 1.807) is 0 Å². The SMILES string of the molecule is CCCCC1CN(Cc2ccccc2C)C(=O)OC12CCN(C1CCN(C(=O)c3c(C)cccc3C)CC1)CC2.O=C(O)C(F)(F)F. The van der Waals surface area contributed by atoms with E-state index in [2.05, 4.69) is 30.9 Å². The van der Waals surface area contributed by atoms with Gasteiger partial charge in [0.15, 0.2) is 0 Å². The Labute approximate surface area is 275 Å². The number of carbonyl (C=O) groups is 3. The number of unbranched alkanes of at least 4 members (excludes halogenated alkanes) is 1. The topological polar surface area (TPSA) is 90.4 Å². The van der Waals surface area contributed by atoms with Crippen LogP contribution in [0.3, 0.4) is 0 Å². The molecule has 1 unspecified atom stereocenters. The molecular formula is C36H48F3N3O5. The van der Waals surface area contributed by atoms with Crippen molar-refractivity contribution in [3.63, 3.8) is 0 Å². The maximum atomic E-state index is 13.3. The minimum atomic E-state index is -5.08. The number of carboxylic acid groups (broad SMARTS) is 1. The molecule has 3 saturated heterocycles. The molecule has 0 saturated carbocycles. The zero-order valence-electron chi connectivity index (χ0n) is 27.9. The molecule has 0 aliphatic carbocycles. The van der Waals surface area contributed by atoms with Gasteiger partial charge in [-0.25, -0.2) is 9.59 Å². The van der Waals surface area contributed by atoms with Gasteiger partial charge >= 0.3 is 18.2 Å². The number of rotatable bonds is 7. The van der Waals surface area contributed by atoms with Gasteiger partial charge in [0.2, 0.25) is 0 Å². The zero-order valence-corrected chi connectivity index (χ0v) is 27.9. The third-order valence-electron chi connectivity index (χ3n) is 10.1. The normalized spacial score (nSPS) is 20.4. The Morgan fingerprint density at radius 3 is 2.06 bits per heavy atom. The molecule has 5 rings (SSSR count). The first kappa shape index (κ1) is 36.2. The van der Waals surface area contributed by atoms with Crippen LogP contribution in [-0.4, -0.2) is 88.3 Å². The summed E-state index contributed by atoms with van der Waals surface area (Å²) < 4.78 is 38.1. The Bertz CT molecular complexity index is 1380. The second-order valence-corrected chi connectivity index (χ2v) is 13.2. The van der Waals surface area contributed by atoms with Crippen LogP contribution in [0, 0.1) is 26.7 Å². The van der Waals surface area contributed by atoms with Crippen LogP contribution in [0.4, 0.5) is 18.0 Å². The van der Waals surface area contributed by atoms with E-state index in [0.717, 1.165) is 87.9 Å². The first-order chi connectivity index (χ1) is 22.3. The van der Waals surface area contributed by atoms with Crippen molar-refractivity contribution in [2.75, 3.05) is 32.7 Å². The van der Waals surface area contributed by atoms with Gasteiger partial charge in [0.25, 0.3) is 5.91 Å². The number of hydrogen-bond donors (Lipinski definition) is 1. The summed E-state index contributed by atoms with van der Waals surface area (Å²) in [6.07, 6.45) is 2.03. The molecule has 1 N–H and O–H groups in total. The molecule has 258 valence electrons. The maximum Gasteiger partial charge on any atom is 0.490 e. The highest BCUT2D eigenvalue weighted by Gasteiger charge is 2.50. The lowest BCUT2D eigenvalue weighted by Gasteiger charge is -2.52. The lowest BCUT2D eigenvalue weighted by atomic mass is 9.75. The predicted octanol–water partition coefficient (Wildman–Crippen LogP) is 7.14. The Morgan fingerprint density at radius 1 is 0.936 bits per heavy atom. The number of nitrogens with zero attached hydrogens (tertiary/aromatic N) is 3. The average molecular weight is 660 g/mol. The van der Waals surface area contributed by atoms with E-state index in [9.17, 15) is 22.8 Å². The number of hydrogen-bond acceptors (Lipinski definition) is 5. The number of amides is 2. The average Bonchev–Trinajstić information content (AvgIpc) is 3.03. The predicted molar refractivity (Wildman–Crippen MR) is 173 cm³/mol.